The van der Waals surface area contributed by atoms with Crippen molar-refractivity contribution in [3.63, 3.8) is 0 Å². The van der Waals surface area contributed by atoms with E-state index in [2.05, 4.69) is 68.7 Å². The second kappa shape index (κ2) is 10.3. The molecule has 1 aromatic carbocycles. The second-order valence-electron chi connectivity index (χ2n) is 5.88. The van der Waals surface area contributed by atoms with Crippen LogP contribution in [0.15, 0.2) is 64.5 Å². The molecule has 0 spiro atoms. The molecule has 1 atom stereocenters. The van der Waals surface area contributed by atoms with Gasteiger partial charge in [0.1, 0.15) is 0 Å². The van der Waals surface area contributed by atoms with Gasteiger partial charge in [0.15, 0.2) is 5.96 Å². The van der Waals surface area contributed by atoms with E-state index in [1.165, 1.54) is 11.1 Å². The van der Waals surface area contributed by atoms with Crippen molar-refractivity contribution in [2.75, 3.05) is 13.6 Å². The minimum Gasteiger partial charge on any atom is -0.356 e. The van der Waals surface area contributed by atoms with E-state index in [0.717, 1.165) is 24.7 Å². The van der Waals surface area contributed by atoms with Crippen molar-refractivity contribution in [3.05, 3.63) is 70.7 Å². The van der Waals surface area contributed by atoms with Gasteiger partial charge in [-0.1, -0.05) is 19.1 Å². The van der Waals surface area contributed by atoms with Gasteiger partial charge >= 0.3 is 0 Å². The molecule has 1 unspecified atom stereocenters. The fourth-order valence-electron chi connectivity index (χ4n) is 2.52. The molecule has 3 aromatic rings. The van der Waals surface area contributed by atoms with E-state index in [9.17, 15) is 0 Å². The minimum absolute atomic E-state index is 0. The van der Waals surface area contributed by atoms with Crippen molar-refractivity contribution >= 4 is 41.3 Å². The molecule has 0 radical (unpaired) electrons. The number of aliphatic imine (C=N–C) groups is 1. The number of hydrogen-bond donors (Lipinski definition) is 2. The van der Waals surface area contributed by atoms with Crippen LogP contribution in [0.5, 0.6) is 0 Å². The lowest BCUT2D eigenvalue weighted by atomic mass is 10.1. The van der Waals surface area contributed by atoms with Gasteiger partial charge in [0.25, 0.3) is 0 Å². The van der Waals surface area contributed by atoms with Crippen LogP contribution >= 0.6 is 35.3 Å². The number of benzene rings is 1. The van der Waals surface area contributed by atoms with Gasteiger partial charge in [0, 0.05) is 32.5 Å². The fourth-order valence-corrected chi connectivity index (χ4v) is 3.30. The zero-order valence-electron chi connectivity index (χ0n) is 14.9. The Bertz CT molecular complexity index is 782. The molecule has 2 aromatic heterocycles. The molecule has 3 rings (SSSR count). The van der Waals surface area contributed by atoms with Crippen LogP contribution in [0.1, 0.15) is 24.0 Å². The largest absolute Gasteiger partial charge is 0.356 e. The summed E-state index contributed by atoms with van der Waals surface area (Å²) in [5, 5.41) is 15.3. The van der Waals surface area contributed by atoms with Crippen LogP contribution in [0.4, 0.5) is 0 Å². The van der Waals surface area contributed by atoms with E-state index in [4.69, 9.17) is 0 Å². The summed E-state index contributed by atoms with van der Waals surface area (Å²) in [5.74, 6) is 1.27. The third-order valence-electron chi connectivity index (χ3n) is 4.08. The van der Waals surface area contributed by atoms with Crippen LogP contribution in [0, 0.1) is 0 Å². The third-order valence-corrected chi connectivity index (χ3v) is 4.78. The number of thiophene rings is 1. The standard InChI is InChI=1S/C19H23N5S.HI/c1-15(17-8-11-25-14-17)12-21-19(20-2)22-13-16-4-6-18(7-5-16)24-10-3-9-23-24;/h3-11,14-15H,12-13H2,1-2H3,(H2,20,21,22);1H. The topological polar surface area (TPSA) is 54.2 Å². The minimum atomic E-state index is 0. The van der Waals surface area contributed by atoms with Crippen molar-refractivity contribution in [2.45, 2.75) is 19.4 Å². The van der Waals surface area contributed by atoms with Crippen molar-refractivity contribution in [1.82, 2.24) is 20.4 Å². The number of nitrogens with one attached hydrogen (secondary N) is 2. The molecular formula is C19H24IN5S. The van der Waals surface area contributed by atoms with Gasteiger partial charge in [-0.15, -0.1) is 24.0 Å². The summed E-state index contributed by atoms with van der Waals surface area (Å²) < 4.78 is 1.85. The highest BCUT2D eigenvalue weighted by molar-refractivity contribution is 14.0. The number of nitrogens with zero attached hydrogens (tertiary/aromatic N) is 3. The molecule has 0 saturated heterocycles. The molecule has 5 nitrogen and oxygen atoms in total. The highest BCUT2D eigenvalue weighted by Gasteiger charge is 2.07. The molecule has 26 heavy (non-hydrogen) atoms. The first-order chi connectivity index (χ1) is 12.3. The van der Waals surface area contributed by atoms with Gasteiger partial charge in [0.05, 0.1) is 5.69 Å². The molecule has 0 bridgehead atoms. The zero-order valence-corrected chi connectivity index (χ0v) is 18.1. The van der Waals surface area contributed by atoms with Crippen LogP contribution in [-0.2, 0) is 6.54 Å². The Balaban J connectivity index is 0.00000243. The van der Waals surface area contributed by atoms with E-state index in [1.54, 1.807) is 24.6 Å². The van der Waals surface area contributed by atoms with Gasteiger partial charge in [-0.05, 0) is 52.1 Å². The lowest BCUT2D eigenvalue weighted by Crippen LogP contribution is -2.38. The van der Waals surface area contributed by atoms with Crippen LogP contribution < -0.4 is 10.6 Å². The van der Waals surface area contributed by atoms with E-state index < -0.39 is 0 Å². The van der Waals surface area contributed by atoms with Gasteiger partial charge < -0.3 is 10.6 Å². The number of guanidine groups is 1. The average molecular weight is 481 g/mol. The van der Waals surface area contributed by atoms with Crippen LogP contribution in [-0.4, -0.2) is 29.3 Å². The summed E-state index contributed by atoms with van der Waals surface area (Å²) in [7, 11) is 1.80. The third kappa shape index (κ3) is 5.57. The van der Waals surface area contributed by atoms with Gasteiger partial charge in [-0.2, -0.15) is 16.4 Å². The maximum absolute atomic E-state index is 4.30. The molecule has 0 aliphatic carbocycles. The first kappa shape index (κ1) is 20.4. The van der Waals surface area contributed by atoms with E-state index in [0.29, 0.717) is 5.92 Å². The molecule has 0 aliphatic heterocycles. The Morgan fingerprint density at radius 1 is 1.23 bits per heavy atom. The van der Waals surface area contributed by atoms with Gasteiger partial charge in [-0.3, -0.25) is 4.99 Å². The SMILES string of the molecule is CN=C(NCc1ccc(-n2cccn2)cc1)NCC(C)c1ccsc1.I. The summed E-state index contributed by atoms with van der Waals surface area (Å²) >= 11 is 1.74. The Morgan fingerprint density at radius 3 is 2.65 bits per heavy atom. The molecule has 0 fully saturated rings. The normalized spacial score (nSPS) is 12.3. The zero-order chi connectivity index (χ0) is 17.5. The van der Waals surface area contributed by atoms with E-state index >= 15 is 0 Å². The Morgan fingerprint density at radius 2 is 2.04 bits per heavy atom. The number of rotatable bonds is 6. The average Bonchev–Trinajstić information content (AvgIpc) is 3.36. The number of halogens is 1. The summed E-state index contributed by atoms with van der Waals surface area (Å²) in [6.07, 6.45) is 3.72. The molecule has 0 aliphatic rings. The summed E-state index contributed by atoms with van der Waals surface area (Å²) in [5.41, 5.74) is 3.62. The van der Waals surface area contributed by atoms with Gasteiger partial charge in [-0.25, -0.2) is 4.68 Å². The monoisotopic (exact) mass is 481 g/mol. The molecule has 0 amide bonds. The summed E-state index contributed by atoms with van der Waals surface area (Å²) in [6.45, 7) is 3.80. The van der Waals surface area contributed by atoms with Crippen molar-refractivity contribution < 1.29 is 0 Å². The highest BCUT2D eigenvalue weighted by atomic mass is 127. The van der Waals surface area contributed by atoms with Gasteiger partial charge in [0.2, 0.25) is 0 Å². The van der Waals surface area contributed by atoms with Crippen LogP contribution in [0.2, 0.25) is 0 Å². The quantitative estimate of drug-likeness (QED) is 0.318. The number of aromatic nitrogens is 2. The lowest BCUT2D eigenvalue weighted by Gasteiger charge is -2.15. The van der Waals surface area contributed by atoms with Crippen LogP contribution in [0.25, 0.3) is 5.69 Å². The smallest absolute Gasteiger partial charge is 0.191 e. The Labute approximate surface area is 175 Å². The molecule has 2 heterocycles. The van der Waals surface area contributed by atoms with E-state index in [1.807, 2.05) is 16.9 Å². The Hall–Kier alpha value is -1.87. The summed E-state index contributed by atoms with van der Waals surface area (Å²) in [6, 6.07) is 12.4. The predicted octanol–water partition coefficient (Wildman–Crippen LogP) is 4.02. The fraction of sp³-hybridized carbons (Fsp3) is 0.263. The maximum atomic E-state index is 4.30. The molecule has 2 N–H and O–H groups in total. The predicted molar refractivity (Wildman–Crippen MR) is 120 cm³/mol. The molecular weight excluding hydrogens is 457 g/mol. The first-order valence-corrected chi connectivity index (χ1v) is 9.26. The second-order valence-corrected chi connectivity index (χ2v) is 6.66. The van der Waals surface area contributed by atoms with Crippen molar-refractivity contribution in [2.24, 2.45) is 4.99 Å². The first-order valence-electron chi connectivity index (χ1n) is 8.32. The molecule has 7 heteroatoms. The summed E-state index contributed by atoms with van der Waals surface area (Å²) in [4.78, 5) is 4.30. The maximum Gasteiger partial charge on any atom is 0.191 e. The van der Waals surface area contributed by atoms with Crippen LogP contribution in [0.3, 0.4) is 0 Å². The molecule has 0 saturated carbocycles. The highest BCUT2D eigenvalue weighted by Crippen LogP contribution is 2.17. The number of hydrogen-bond acceptors (Lipinski definition) is 3. The Kier molecular flexibility index (Phi) is 8.11. The van der Waals surface area contributed by atoms with E-state index in [-0.39, 0.29) is 24.0 Å². The molecule has 138 valence electrons. The lowest BCUT2D eigenvalue weighted by molar-refractivity contribution is 0.701. The van der Waals surface area contributed by atoms with Crippen molar-refractivity contribution in [1.29, 1.82) is 0 Å². The van der Waals surface area contributed by atoms with Crippen molar-refractivity contribution in [3.8, 4) is 5.69 Å².